The van der Waals surface area contributed by atoms with Gasteiger partial charge in [-0.25, -0.2) is 0 Å². The van der Waals surface area contributed by atoms with Gasteiger partial charge in [0.15, 0.2) is 17.4 Å². The summed E-state index contributed by atoms with van der Waals surface area (Å²) in [5.41, 5.74) is 2.10. The van der Waals surface area contributed by atoms with Crippen LogP contribution in [0, 0.1) is 0 Å². The third kappa shape index (κ3) is 4.63. The molecule has 0 radical (unpaired) electrons. The van der Waals surface area contributed by atoms with Crippen LogP contribution >= 0.6 is 0 Å². The van der Waals surface area contributed by atoms with E-state index in [-0.39, 0.29) is 5.78 Å². The first kappa shape index (κ1) is 18.0. The van der Waals surface area contributed by atoms with Gasteiger partial charge in [-0.05, 0) is 37.0 Å². The molecule has 5 heteroatoms. The highest BCUT2D eigenvalue weighted by Gasteiger charge is 2.17. The molecule has 0 aliphatic heterocycles. The van der Waals surface area contributed by atoms with Crippen LogP contribution in [0.1, 0.15) is 48.3 Å². The third-order valence-electron chi connectivity index (χ3n) is 4.48. The third-order valence-corrected chi connectivity index (χ3v) is 4.48. The van der Waals surface area contributed by atoms with Crippen LogP contribution in [-0.4, -0.2) is 25.5 Å². The molecule has 2 heterocycles. The highest BCUT2D eigenvalue weighted by Crippen LogP contribution is 2.16. The number of rotatable bonds is 9. The van der Waals surface area contributed by atoms with Gasteiger partial charge in [-0.1, -0.05) is 49.2 Å². The summed E-state index contributed by atoms with van der Waals surface area (Å²) in [5, 5.41) is 8.20. The lowest BCUT2D eigenvalue weighted by molar-refractivity contribution is 0.0965. The molecule has 26 heavy (non-hydrogen) atoms. The van der Waals surface area contributed by atoms with Crippen LogP contribution in [0.4, 0.5) is 0 Å². The predicted molar refractivity (Wildman–Crippen MR) is 102 cm³/mol. The number of hydrogen-bond donors (Lipinski definition) is 0. The second-order valence-corrected chi connectivity index (χ2v) is 6.44. The summed E-state index contributed by atoms with van der Waals surface area (Å²) in [5.74, 6) is 1.08. The van der Waals surface area contributed by atoms with Crippen molar-refractivity contribution in [1.82, 2.24) is 19.7 Å². The minimum atomic E-state index is 0.0465. The zero-order valence-electron chi connectivity index (χ0n) is 15.1. The summed E-state index contributed by atoms with van der Waals surface area (Å²) >= 11 is 0. The fraction of sp³-hybridized carbons (Fsp3) is 0.333. The first-order valence-corrected chi connectivity index (χ1v) is 9.13. The molecular weight excluding hydrogens is 324 g/mol. The van der Waals surface area contributed by atoms with E-state index in [0.717, 1.165) is 37.8 Å². The van der Waals surface area contributed by atoms with Gasteiger partial charge >= 0.3 is 0 Å². The quantitative estimate of drug-likeness (QED) is 0.428. The lowest BCUT2D eigenvalue weighted by atomic mass is 10.0. The highest BCUT2D eigenvalue weighted by molar-refractivity contribution is 5.93. The average molecular weight is 348 g/mol. The maximum atomic E-state index is 12.4. The van der Waals surface area contributed by atoms with E-state index < -0.39 is 0 Å². The number of hydrogen-bond acceptors (Lipinski definition) is 4. The minimum Gasteiger partial charge on any atom is -0.306 e. The summed E-state index contributed by atoms with van der Waals surface area (Å²) in [7, 11) is 1.82. The minimum absolute atomic E-state index is 0.0465. The molecular formula is C21H24N4O. The van der Waals surface area contributed by atoms with Gasteiger partial charge in [-0.15, -0.1) is 10.2 Å². The van der Waals surface area contributed by atoms with Gasteiger partial charge in [-0.2, -0.15) is 0 Å². The van der Waals surface area contributed by atoms with Crippen molar-refractivity contribution in [2.24, 2.45) is 7.05 Å². The molecule has 0 atom stereocenters. The number of ketones is 1. The molecule has 134 valence electrons. The van der Waals surface area contributed by atoms with Crippen LogP contribution in [0.3, 0.4) is 0 Å². The smallest absolute Gasteiger partial charge is 0.200 e. The molecule has 0 aliphatic rings. The van der Waals surface area contributed by atoms with Crippen LogP contribution < -0.4 is 0 Å². The molecule has 0 saturated heterocycles. The molecule has 3 rings (SSSR count). The molecule has 0 spiro atoms. The Bertz CT molecular complexity index is 828. The van der Waals surface area contributed by atoms with Gasteiger partial charge in [0.25, 0.3) is 0 Å². The Balaban J connectivity index is 1.43. The van der Waals surface area contributed by atoms with Crippen molar-refractivity contribution in [3.05, 3.63) is 66.1 Å². The molecule has 0 N–H and O–H groups in total. The van der Waals surface area contributed by atoms with E-state index in [9.17, 15) is 4.79 Å². The van der Waals surface area contributed by atoms with Crippen LogP contribution in [0.5, 0.6) is 0 Å². The van der Waals surface area contributed by atoms with E-state index in [4.69, 9.17) is 0 Å². The van der Waals surface area contributed by atoms with Crippen LogP contribution in [-0.2, 0) is 13.5 Å². The van der Waals surface area contributed by atoms with Crippen molar-refractivity contribution >= 4 is 5.78 Å². The molecule has 0 saturated carbocycles. The number of carbonyl (C=O) groups is 1. The topological polar surface area (TPSA) is 60.7 Å². The summed E-state index contributed by atoms with van der Waals surface area (Å²) < 4.78 is 1.74. The number of benzene rings is 1. The van der Waals surface area contributed by atoms with Crippen molar-refractivity contribution in [3.8, 4) is 11.5 Å². The number of Topliss-reactive ketones (excluding diaryl/α,β-unsaturated/α-hetero) is 1. The molecule has 0 unspecified atom stereocenters. The molecule has 5 nitrogen and oxygen atoms in total. The lowest BCUT2D eigenvalue weighted by Crippen LogP contribution is -2.08. The van der Waals surface area contributed by atoms with Crippen molar-refractivity contribution in [3.63, 3.8) is 0 Å². The van der Waals surface area contributed by atoms with E-state index in [1.807, 2.05) is 31.3 Å². The fourth-order valence-corrected chi connectivity index (χ4v) is 3.01. The van der Waals surface area contributed by atoms with Crippen molar-refractivity contribution in [2.45, 2.75) is 38.5 Å². The molecule has 0 fully saturated rings. The van der Waals surface area contributed by atoms with Gasteiger partial charge in [0.2, 0.25) is 0 Å². The fourth-order valence-electron chi connectivity index (χ4n) is 3.01. The summed E-state index contributed by atoms with van der Waals surface area (Å²) in [4.78, 5) is 16.7. The molecule has 3 aromatic rings. The number of unbranched alkanes of at least 4 members (excludes halogenated alkanes) is 3. The Kier molecular flexibility index (Phi) is 6.25. The van der Waals surface area contributed by atoms with E-state index in [1.165, 1.54) is 5.56 Å². The standard InChI is InChI=1S/C21H24N4O/c1-25-20(18-14-9-10-16-22-18)23-24-21(25)19(26)15-8-3-2-5-11-17-12-6-4-7-13-17/h4,6-7,9-10,12-14,16H,2-3,5,8,11,15H2,1H3. The first-order chi connectivity index (χ1) is 12.8. The van der Waals surface area contributed by atoms with E-state index in [1.54, 1.807) is 10.8 Å². The Morgan fingerprint density at radius 3 is 2.46 bits per heavy atom. The number of aromatic nitrogens is 4. The maximum absolute atomic E-state index is 12.4. The Labute approximate surface area is 154 Å². The van der Waals surface area contributed by atoms with Crippen molar-refractivity contribution < 1.29 is 4.79 Å². The summed E-state index contributed by atoms with van der Waals surface area (Å²) in [6, 6.07) is 16.1. The molecule has 0 aliphatic carbocycles. The molecule has 0 amide bonds. The average Bonchev–Trinajstić information content (AvgIpc) is 3.07. The van der Waals surface area contributed by atoms with Gasteiger partial charge in [0, 0.05) is 19.7 Å². The van der Waals surface area contributed by atoms with Gasteiger partial charge < -0.3 is 4.57 Å². The Morgan fingerprint density at radius 2 is 1.69 bits per heavy atom. The number of nitrogens with zero attached hydrogens (tertiary/aromatic N) is 4. The monoisotopic (exact) mass is 348 g/mol. The second-order valence-electron chi connectivity index (χ2n) is 6.44. The van der Waals surface area contributed by atoms with E-state index >= 15 is 0 Å². The summed E-state index contributed by atoms with van der Waals surface area (Å²) in [6.07, 6.45) is 7.57. The van der Waals surface area contributed by atoms with Crippen LogP contribution in [0.25, 0.3) is 11.5 Å². The summed E-state index contributed by atoms with van der Waals surface area (Å²) in [6.45, 7) is 0. The molecule has 0 bridgehead atoms. The number of aryl methyl sites for hydroxylation is 1. The van der Waals surface area contributed by atoms with Gasteiger partial charge in [-0.3, -0.25) is 9.78 Å². The first-order valence-electron chi connectivity index (χ1n) is 9.13. The largest absolute Gasteiger partial charge is 0.306 e. The second kappa shape index (κ2) is 9.04. The predicted octanol–water partition coefficient (Wildman–Crippen LogP) is 4.25. The van der Waals surface area contributed by atoms with E-state index in [0.29, 0.717) is 18.1 Å². The maximum Gasteiger partial charge on any atom is 0.200 e. The normalized spacial score (nSPS) is 10.8. The zero-order valence-corrected chi connectivity index (χ0v) is 15.1. The molecule has 1 aromatic carbocycles. The molecule has 2 aromatic heterocycles. The lowest BCUT2D eigenvalue weighted by Gasteiger charge is -2.04. The van der Waals surface area contributed by atoms with Crippen LogP contribution in [0.2, 0.25) is 0 Å². The highest BCUT2D eigenvalue weighted by atomic mass is 16.1. The number of pyridine rings is 1. The number of carbonyl (C=O) groups excluding carboxylic acids is 1. The SMILES string of the molecule is Cn1c(C(=O)CCCCCCc2ccccc2)nnc1-c1ccccn1. The van der Waals surface area contributed by atoms with Gasteiger partial charge in [0.05, 0.1) is 0 Å². The van der Waals surface area contributed by atoms with Crippen LogP contribution in [0.15, 0.2) is 54.7 Å². The Morgan fingerprint density at radius 1 is 0.923 bits per heavy atom. The zero-order chi connectivity index (χ0) is 18.2. The van der Waals surface area contributed by atoms with Crippen molar-refractivity contribution in [2.75, 3.05) is 0 Å². The Hall–Kier alpha value is -2.82. The van der Waals surface area contributed by atoms with E-state index in [2.05, 4.69) is 39.4 Å². The van der Waals surface area contributed by atoms with Crippen molar-refractivity contribution in [1.29, 1.82) is 0 Å². The van der Waals surface area contributed by atoms with Gasteiger partial charge in [0.1, 0.15) is 5.69 Å².